The summed E-state index contributed by atoms with van der Waals surface area (Å²) in [5.41, 5.74) is 3.95. The van der Waals surface area contributed by atoms with E-state index < -0.39 is 10.0 Å². The van der Waals surface area contributed by atoms with E-state index in [0.717, 1.165) is 11.1 Å². The molecule has 4 heteroatoms. The monoisotopic (exact) mass is 317 g/mol. The van der Waals surface area contributed by atoms with Crippen molar-refractivity contribution in [3.8, 4) is 0 Å². The van der Waals surface area contributed by atoms with Crippen LogP contribution in [0.15, 0.2) is 47.4 Å². The lowest BCUT2D eigenvalue weighted by atomic mass is 9.84. The van der Waals surface area contributed by atoms with Crippen LogP contribution in [-0.2, 0) is 15.4 Å². The molecule has 0 spiro atoms. The molecule has 0 unspecified atom stereocenters. The molecule has 3 nitrogen and oxygen atoms in total. The molecule has 0 saturated carbocycles. The Kier molecular flexibility index (Phi) is 4.34. The maximum Gasteiger partial charge on any atom is 0.261 e. The molecule has 0 radical (unpaired) electrons. The van der Waals surface area contributed by atoms with Gasteiger partial charge in [0.25, 0.3) is 10.0 Å². The van der Waals surface area contributed by atoms with Crippen molar-refractivity contribution in [2.75, 3.05) is 4.72 Å². The van der Waals surface area contributed by atoms with Crippen molar-refractivity contribution in [3.63, 3.8) is 0 Å². The maximum atomic E-state index is 12.4. The van der Waals surface area contributed by atoms with E-state index in [-0.39, 0.29) is 10.3 Å². The predicted molar refractivity (Wildman–Crippen MR) is 91.9 cm³/mol. The number of nitrogens with one attached hydrogen (secondary N) is 1. The third-order valence-electron chi connectivity index (χ3n) is 3.62. The molecular formula is C18H23NO2S. The fraction of sp³-hybridized carbons (Fsp3) is 0.333. The zero-order valence-corrected chi connectivity index (χ0v) is 14.6. The van der Waals surface area contributed by atoms with Crippen LogP contribution in [0.2, 0.25) is 0 Å². The van der Waals surface area contributed by atoms with Crippen molar-refractivity contribution in [2.45, 2.75) is 44.9 Å². The maximum absolute atomic E-state index is 12.4. The number of hydrogen-bond acceptors (Lipinski definition) is 2. The van der Waals surface area contributed by atoms with Crippen molar-refractivity contribution in [1.82, 2.24) is 0 Å². The van der Waals surface area contributed by atoms with E-state index in [4.69, 9.17) is 0 Å². The normalized spacial score (nSPS) is 12.2. The molecule has 0 heterocycles. The van der Waals surface area contributed by atoms with Gasteiger partial charge in [-0.3, -0.25) is 4.72 Å². The largest absolute Gasteiger partial charge is 0.280 e. The summed E-state index contributed by atoms with van der Waals surface area (Å²) in [5.74, 6) is 0. The third-order valence-corrected chi connectivity index (χ3v) is 5.02. The minimum Gasteiger partial charge on any atom is -0.280 e. The Morgan fingerprint density at radius 2 is 1.50 bits per heavy atom. The highest BCUT2D eigenvalue weighted by Crippen LogP contribution is 2.28. The Hall–Kier alpha value is -1.81. The van der Waals surface area contributed by atoms with Gasteiger partial charge >= 0.3 is 0 Å². The van der Waals surface area contributed by atoms with Crippen molar-refractivity contribution in [2.24, 2.45) is 0 Å². The molecule has 0 amide bonds. The first kappa shape index (κ1) is 16.6. The molecule has 2 aromatic rings. The second kappa shape index (κ2) is 5.76. The predicted octanol–water partition coefficient (Wildman–Crippen LogP) is 4.40. The Bertz CT molecular complexity index is 770. The summed E-state index contributed by atoms with van der Waals surface area (Å²) in [4.78, 5) is 0.274. The smallest absolute Gasteiger partial charge is 0.261 e. The van der Waals surface area contributed by atoms with Gasteiger partial charge in [-0.25, -0.2) is 8.42 Å². The zero-order valence-electron chi connectivity index (χ0n) is 13.8. The topological polar surface area (TPSA) is 46.2 Å². The lowest BCUT2D eigenvalue weighted by Gasteiger charge is -2.22. The quantitative estimate of drug-likeness (QED) is 0.912. The van der Waals surface area contributed by atoms with Crippen LogP contribution >= 0.6 is 0 Å². The molecule has 0 bridgehead atoms. The number of benzene rings is 2. The Morgan fingerprint density at radius 1 is 0.909 bits per heavy atom. The number of hydrogen-bond donors (Lipinski definition) is 1. The third kappa shape index (κ3) is 3.69. The van der Waals surface area contributed by atoms with Crippen LogP contribution in [0.5, 0.6) is 0 Å². The van der Waals surface area contributed by atoms with Crippen LogP contribution in [-0.4, -0.2) is 8.42 Å². The van der Waals surface area contributed by atoms with Crippen LogP contribution in [0.4, 0.5) is 5.69 Å². The number of anilines is 1. The molecule has 2 rings (SSSR count). The van der Waals surface area contributed by atoms with Crippen molar-refractivity contribution < 1.29 is 8.42 Å². The Morgan fingerprint density at radius 3 is 2.00 bits per heavy atom. The van der Waals surface area contributed by atoms with Gasteiger partial charge in [0.2, 0.25) is 0 Å². The number of sulfonamides is 1. The minimum absolute atomic E-state index is 0.0401. The summed E-state index contributed by atoms with van der Waals surface area (Å²) in [5, 5.41) is 0. The lowest BCUT2D eigenvalue weighted by Crippen LogP contribution is -2.15. The standard InChI is InChI=1S/C18H23NO2S/c1-13-6-9-16(10-7-13)22(20,21)19-15-8-11-17(14(2)12-15)18(3,4)5/h6-12,19H,1-5H3. The number of rotatable bonds is 3. The minimum atomic E-state index is -3.55. The molecule has 0 fully saturated rings. The van der Waals surface area contributed by atoms with E-state index in [9.17, 15) is 8.42 Å². The summed E-state index contributed by atoms with van der Waals surface area (Å²) < 4.78 is 27.4. The second-order valence-corrected chi connectivity index (χ2v) is 8.38. The van der Waals surface area contributed by atoms with Gasteiger partial charge in [-0.2, -0.15) is 0 Å². The van der Waals surface area contributed by atoms with Crippen LogP contribution in [0.25, 0.3) is 0 Å². The molecule has 22 heavy (non-hydrogen) atoms. The summed E-state index contributed by atoms with van der Waals surface area (Å²) >= 11 is 0. The number of aryl methyl sites for hydroxylation is 2. The summed E-state index contributed by atoms with van der Waals surface area (Å²) in [6.07, 6.45) is 0. The SMILES string of the molecule is Cc1ccc(S(=O)(=O)Nc2ccc(C(C)(C)C)c(C)c2)cc1. The Balaban J connectivity index is 2.31. The van der Waals surface area contributed by atoms with Gasteiger partial charge in [0.1, 0.15) is 0 Å². The van der Waals surface area contributed by atoms with E-state index in [0.29, 0.717) is 5.69 Å². The van der Waals surface area contributed by atoms with E-state index in [2.05, 4.69) is 25.5 Å². The van der Waals surface area contributed by atoms with Crippen molar-refractivity contribution >= 4 is 15.7 Å². The molecule has 0 atom stereocenters. The molecule has 1 N–H and O–H groups in total. The molecule has 0 saturated heterocycles. The van der Waals surface area contributed by atoms with Gasteiger partial charge in [-0.05, 0) is 54.7 Å². The summed E-state index contributed by atoms with van der Waals surface area (Å²) in [6.45, 7) is 10.4. The van der Waals surface area contributed by atoms with Gasteiger partial charge in [0.05, 0.1) is 4.90 Å². The lowest BCUT2D eigenvalue weighted by molar-refractivity contribution is 0.586. The van der Waals surface area contributed by atoms with Gasteiger partial charge in [-0.15, -0.1) is 0 Å². The zero-order chi connectivity index (χ0) is 16.5. The second-order valence-electron chi connectivity index (χ2n) is 6.70. The molecule has 0 aliphatic carbocycles. The average Bonchev–Trinajstić information content (AvgIpc) is 2.37. The molecule has 0 aliphatic rings. The van der Waals surface area contributed by atoms with Gasteiger partial charge in [-0.1, -0.05) is 44.5 Å². The first-order valence-corrected chi connectivity index (χ1v) is 8.78. The molecule has 0 aromatic heterocycles. The van der Waals surface area contributed by atoms with Gasteiger partial charge < -0.3 is 0 Å². The summed E-state index contributed by atoms with van der Waals surface area (Å²) in [7, 11) is -3.55. The van der Waals surface area contributed by atoms with Crippen molar-refractivity contribution in [1.29, 1.82) is 0 Å². The molecule has 118 valence electrons. The van der Waals surface area contributed by atoms with Crippen LogP contribution in [0, 0.1) is 13.8 Å². The fourth-order valence-electron chi connectivity index (χ4n) is 2.50. The van der Waals surface area contributed by atoms with Gasteiger partial charge in [0.15, 0.2) is 0 Å². The van der Waals surface area contributed by atoms with E-state index in [1.54, 1.807) is 24.3 Å². The molecule has 2 aromatic carbocycles. The highest BCUT2D eigenvalue weighted by atomic mass is 32.2. The average molecular weight is 317 g/mol. The first-order chi connectivity index (χ1) is 10.1. The summed E-state index contributed by atoms with van der Waals surface area (Å²) in [6, 6.07) is 12.5. The Labute approximate surface area is 133 Å². The van der Waals surface area contributed by atoms with Crippen molar-refractivity contribution in [3.05, 3.63) is 59.2 Å². The highest BCUT2D eigenvalue weighted by Gasteiger charge is 2.18. The van der Waals surface area contributed by atoms with Crippen LogP contribution < -0.4 is 4.72 Å². The first-order valence-electron chi connectivity index (χ1n) is 7.30. The van der Waals surface area contributed by atoms with Crippen LogP contribution in [0.1, 0.15) is 37.5 Å². The fourth-order valence-corrected chi connectivity index (χ4v) is 3.55. The van der Waals surface area contributed by atoms with E-state index in [1.807, 2.05) is 32.0 Å². The molecular weight excluding hydrogens is 294 g/mol. The van der Waals surface area contributed by atoms with E-state index in [1.165, 1.54) is 5.56 Å². The van der Waals surface area contributed by atoms with Crippen LogP contribution in [0.3, 0.4) is 0 Å². The highest BCUT2D eigenvalue weighted by molar-refractivity contribution is 7.92. The van der Waals surface area contributed by atoms with Gasteiger partial charge in [0, 0.05) is 5.69 Å². The molecule has 0 aliphatic heterocycles. The van der Waals surface area contributed by atoms with E-state index >= 15 is 0 Å².